The van der Waals surface area contributed by atoms with E-state index in [0.29, 0.717) is 11.1 Å². The van der Waals surface area contributed by atoms with Crippen LogP contribution < -0.4 is 0 Å². The Kier molecular flexibility index (Phi) is 6.70. The lowest BCUT2D eigenvalue weighted by Crippen LogP contribution is -2.14. The Morgan fingerprint density at radius 2 is 1.07 bits per heavy atom. The fourth-order valence-electron chi connectivity index (χ4n) is 3.45. The maximum absolute atomic E-state index is 9.30. The van der Waals surface area contributed by atoms with Crippen molar-refractivity contribution in [2.24, 2.45) is 0 Å². The Labute approximate surface area is 169 Å². The maximum Gasteiger partial charge on any atom is 0.146 e. The number of rotatable bonds is 0. The Bertz CT molecular complexity index is 963. The summed E-state index contributed by atoms with van der Waals surface area (Å²) in [6.07, 6.45) is 10.2. The van der Waals surface area contributed by atoms with Crippen molar-refractivity contribution < 1.29 is 5.11 Å². The van der Waals surface area contributed by atoms with Crippen LogP contribution in [0.3, 0.4) is 0 Å². The molecule has 28 heavy (non-hydrogen) atoms. The third-order valence-electron chi connectivity index (χ3n) is 4.84. The van der Waals surface area contributed by atoms with Gasteiger partial charge >= 0.3 is 0 Å². The minimum atomic E-state index is 0.0116. The first kappa shape index (κ1) is 20.9. The van der Waals surface area contributed by atoms with Gasteiger partial charge in [0.25, 0.3) is 0 Å². The van der Waals surface area contributed by atoms with Crippen LogP contribution in [0, 0.1) is 24.7 Å². The van der Waals surface area contributed by atoms with Crippen LogP contribution in [-0.2, 0) is 5.41 Å². The van der Waals surface area contributed by atoms with E-state index in [1.165, 1.54) is 22.3 Å². The van der Waals surface area contributed by atoms with Gasteiger partial charge in [-0.2, -0.15) is 0 Å². The van der Waals surface area contributed by atoms with Crippen LogP contribution in [0.5, 0.6) is 5.75 Å². The van der Waals surface area contributed by atoms with Gasteiger partial charge in [0.1, 0.15) is 5.75 Å². The summed E-state index contributed by atoms with van der Waals surface area (Å²) >= 11 is 0. The number of phenols is 1. The summed E-state index contributed by atoms with van der Waals surface area (Å²) in [6.45, 7) is 8.61. The molecule has 0 aliphatic heterocycles. The Morgan fingerprint density at radius 1 is 0.679 bits per heavy atom. The van der Waals surface area contributed by atoms with Crippen LogP contribution in [0.25, 0.3) is 11.1 Å². The topological polar surface area (TPSA) is 20.2 Å². The van der Waals surface area contributed by atoms with Gasteiger partial charge in [0.05, 0.1) is 11.1 Å². The summed E-state index contributed by atoms with van der Waals surface area (Å²) in [5, 5.41) is 9.30. The third kappa shape index (κ3) is 3.80. The zero-order valence-corrected chi connectivity index (χ0v) is 17.0. The Morgan fingerprint density at radius 3 is 1.46 bits per heavy atom. The van der Waals surface area contributed by atoms with Crippen molar-refractivity contribution in [3.8, 4) is 41.6 Å². The largest absolute Gasteiger partial charge is 0.505 e. The molecule has 1 aliphatic rings. The van der Waals surface area contributed by atoms with E-state index in [1.807, 2.05) is 13.8 Å². The number of phenolic OH excluding ortho intramolecular Hbond substituents is 1. The van der Waals surface area contributed by atoms with Gasteiger partial charge in [-0.15, -0.1) is 12.8 Å². The van der Waals surface area contributed by atoms with Crippen LogP contribution in [-0.4, -0.2) is 5.11 Å². The van der Waals surface area contributed by atoms with Crippen molar-refractivity contribution in [1.29, 1.82) is 0 Å². The van der Waals surface area contributed by atoms with Crippen LogP contribution in [0.2, 0.25) is 0 Å². The van der Waals surface area contributed by atoms with Gasteiger partial charge < -0.3 is 5.11 Å². The molecule has 3 aromatic carbocycles. The predicted molar refractivity (Wildman–Crippen MR) is 119 cm³/mol. The summed E-state index contributed by atoms with van der Waals surface area (Å²) in [6, 6.07) is 22.4. The van der Waals surface area contributed by atoms with Crippen molar-refractivity contribution in [3.05, 3.63) is 89.0 Å². The van der Waals surface area contributed by atoms with Gasteiger partial charge in [-0.05, 0) is 34.4 Å². The number of benzene rings is 3. The van der Waals surface area contributed by atoms with E-state index in [-0.39, 0.29) is 11.2 Å². The molecule has 4 rings (SSSR count). The lowest BCUT2D eigenvalue weighted by molar-refractivity contribution is 0.472. The average molecular weight is 367 g/mol. The highest BCUT2D eigenvalue weighted by Gasteiger charge is 2.34. The van der Waals surface area contributed by atoms with Crippen molar-refractivity contribution >= 4 is 0 Å². The number of hydrogen-bond donors (Lipinski definition) is 1. The number of fused-ring (bicyclic) bond motifs is 3. The van der Waals surface area contributed by atoms with Gasteiger partial charge in [0.15, 0.2) is 0 Å². The normalized spacial score (nSPS) is 11.9. The minimum absolute atomic E-state index is 0.0116. The molecule has 0 saturated heterocycles. The van der Waals surface area contributed by atoms with E-state index < -0.39 is 0 Å². The molecule has 0 radical (unpaired) electrons. The molecule has 1 nitrogen and oxygen atoms in total. The lowest BCUT2D eigenvalue weighted by Gasteiger charge is -2.20. The highest BCUT2D eigenvalue weighted by atomic mass is 16.3. The fourth-order valence-corrected chi connectivity index (χ4v) is 3.45. The van der Waals surface area contributed by atoms with E-state index in [0.717, 1.165) is 0 Å². The zero-order chi connectivity index (χ0) is 20.7. The van der Waals surface area contributed by atoms with Gasteiger partial charge in [-0.25, -0.2) is 0 Å². The van der Waals surface area contributed by atoms with Crippen molar-refractivity contribution in [1.82, 2.24) is 0 Å². The first-order chi connectivity index (χ1) is 13.5. The predicted octanol–water partition coefficient (Wildman–Crippen LogP) is 6.37. The highest BCUT2D eigenvalue weighted by molar-refractivity contribution is 5.80. The SMILES string of the molecule is C#Cc1cccc(C#C)c1O.CC.CC1(C)c2ccccc2-c2ccccc21. The van der Waals surface area contributed by atoms with Crippen molar-refractivity contribution in [2.45, 2.75) is 33.1 Å². The molecule has 0 spiro atoms. The van der Waals surface area contributed by atoms with Crippen LogP contribution in [0.4, 0.5) is 0 Å². The molecule has 0 aromatic heterocycles. The highest BCUT2D eigenvalue weighted by Crippen LogP contribution is 2.47. The second-order valence-corrected chi connectivity index (χ2v) is 6.71. The van der Waals surface area contributed by atoms with E-state index in [1.54, 1.807) is 18.2 Å². The molecule has 1 heteroatoms. The second kappa shape index (κ2) is 8.98. The molecule has 140 valence electrons. The van der Waals surface area contributed by atoms with Gasteiger partial charge in [0.2, 0.25) is 0 Å². The number of terminal acetylenes is 2. The molecule has 0 bridgehead atoms. The van der Waals surface area contributed by atoms with Crippen molar-refractivity contribution in [2.75, 3.05) is 0 Å². The third-order valence-corrected chi connectivity index (χ3v) is 4.84. The molecular formula is C27H26O. The Hall–Kier alpha value is -3.42. The van der Waals surface area contributed by atoms with Gasteiger partial charge in [0, 0.05) is 5.41 Å². The smallest absolute Gasteiger partial charge is 0.146 e. The van der Waals surface area contributed by atoms with E-state index in [9.17, 15) is 5.11 Å². The summed E-state index contributed by atoms with van der Waals surface area (Å²) < 4.78 is 0. The van der Waals surface area contributed by atoms with Gasteiger partial charge in [-0.1, -0.05) is 94.1 Å². The van der Waals surface area contributed by atoms with E-state index in [2.05, 4.69) is 74.2 Å². The summed E-state index contributed by atoms with van der Waals surface area (Å²) in [5.74, 6) is 4.66. The monoisotopic (exact) mass is 366 g/mol. The maximum atomic E-state index is 9.30. The molecule has 0 fully saturated rings. The van der Waals surface area contributed by atoms with Gasteiger partial charge in [-0.3, -0.25) is 0 Å². The summed E-state index contributed by atoms with van der Waals surface area (Å²) in [5.41, 5.74) is 6.72. The minimum Gasteiger partial charge on any atom is -0.505 e. The average Bonchev–Trinajstić information content (AvgIpc) is 2.98. The molecule has 0 saturated carbocycles. The van der Waals surface area contributed by atoms with E-state index >= 15 is 0 Å². The molecule has 0 unspecified atom stereocenters. The number of hydrogen-bond acceptors (Lipinski definition) is 1. The second-order valence-electron chi connectivity index (χ2n) is 6.71. The molecule has 0 heterocycles. The molecule has 0 atom stereocenters. The molecule has 0 amide bonds. The summed E-state index contributed by atoms with van der Waals surface area (Å²) in [7, 11) is 0. The summed E-state index contributed by atoms with van der Waals surface area (Å²) in [4.78, 5) is 0. The first-order valence-electron chi connectivity index (χ1n) is 9.45. The standard InChI is InChI=1S/C15H14.C10H6O.C2H6/c1-15(2)13-9-5-3-7-11(13)12-8-4-6-10-14(12)15;1-3-8-6-5-7-9(4-2)10(8)11;1-2/h3-10H,1-2H3;1-2,5-7,11H;1-2H3. The molecule has 1 aliphatic carbocycles. The first-order valence-corrected chi connectivity index (χ1v) is 9.45. The van der Waals surface area contributed by atoms with E-state index in [4.69, 9.17) is 12.8 Å². The molecule has 1 N–H and O–H groups in total. The number of aromatic hydroxyl groups is 1. The van der Waals surface area contributed by atoms with Crippen LogP contribution >= 0.6 is 0 Å². The number of para-hydroxylation sites is 1. The van der Waals surface area contributed by atoms with Crippen LogP contribution in [0.1, 0.15) is 49.9 Å². The van der Waals surface area contributed by atoms with Crippen LogP contribution in [0.15, 0.2) is 66.7 Å². The molecular weight excluding hydrogens is 340 g/mol. The molecule has 3 aromatic rings. The zero-order valence-electron chi connectivity index (χ0n) is 17.0. The quantitative estimate of drug-likeness (QED) is 0.458. The fraction of sp³-hybridized carbons (Fsp3) is 0.185. The Balaban J connectivity index is 0.000000193. The van der Waals surface area contributed by atoms with Crippen molar-refractivity contribution in [3.63, 3.8) is 0 Å². The lowest BCUT2D eigenvalue weighted by atomic mass is 9.82.